The Kier molecular flexibility index (Phi) is 8.82. The standard InChI is InChI=1S/C23H17F6N3O4S2/c24-22(25,26)13-8-12(9-14(10-13)23(27,28)29)16-3-1-2-15(31-16)11-17-20(36)32(21(37)38-17)7-5-18(33)30-6-4-19(34)35/h1-3,8-11H,4-7H2,(H,30,33)(H,34,35)/b17-11-. The van der Waals surface area contributed by atoms with Crippen molar-refractivity contribution in [3.63, 3.8) is 0 Å². The molecule has 38 heavy (non-hydrogen) atoms. The number of carboxylic acid groups (broad SMARTS) is 1. The highest BCUT2D eigenvalue weighted by atomic mass is 32.2. The molecule has 1 fully saturated rings. The summed E-state index contributed by atoms with van der Waals surface area (Å²) in [5.74, 6) is -2.14. The monoisotopic (exact) mass is 577 g/mol. The van der Waals surface area contributed by atoms with Gasteiger partial charge in [0, 0.05) is 25.1 Å². The van der Waals surface area contributed by atoms with Gasteiger partial charge in [-0.2, -0.15) is 26.3 Å². The van der Waals surface area contributed by atoms with Crippen LogP contribution in [0.25, 0.3) is 17.3 Å². The molecular weight excluding hydrogens is 560 g/mol. The lowest BCUT2D eigenvalue weighted by atomic mass is 10.0. The Labute approximate surface area is 220 Å². The summed E-state index contributed by atoms with van der Waals surface area (Å²) in [7, 11) is 0. The van der Waals surface area contributed by atoms with Crippen molar-refractivity contribution in [3.8, 4) is 11.3 Å². The molecule has 2 heterocycles. The number of benzene rings is 1. The van der Waals surface area contributed by atoms with Crippen LogP contribution in [0.2, 0.25) is 0 Å². The normalized spacial score (nSPS) is 15.3. The zero-order valence-corrected chi connectivity index (χ0v) is 20.7. The van der Waals surface area contributed by atoms with E-state index in [1.54, 1.807) is 0 Å². The van der Waals surface area contributed by atoms with Crippen LogP contribution >= 0.6 is 24.0 Å². The molecule has 0 radical (unpaired) electrons. The Morgan fingerprint density at radius 3 is 2.26 bits per heavy atom. The quantitative estimate of drug-likeness (QED) is 0.260. The van der Waals surface area contributed by atoms with Crippen LogP contribution in [0.1, 0.15) is 29.7 Å². The molecule has 1 saturated heterocycles. The van der Waals surface area contributed by atoms with Gasteiger partial charge in [-0.25, -0.2) is 4.98 Å². The highest BCUT2D eigenvalue weighted by Gasteiger charge is 2.37. The fourth-order valence-corrected chi connectivity index (χ4v) is 4.53. The van der Waals surface area contributed by atoms with E-state index in [2.05, 4.69) is 10.3 Å². The molecule has 1 aromatic carbocycles. The number of thiocarbonyl (C=S) groups is 1. The third-order valence-corrected chi connectivity index (χ3v) is 6.41. The predicted molar refractivity (Wildman–Crippen MR) is 129 cm³/mol. The summed E-state index contributed by atoms with van der Waals surface area (Å²) in [4.78, 5) is 40.5. The van der Waals surface area contributed by atoms with Crippen LogP contribution in [0.5, 0.6) is 0 Å². The van der Waals surface area contributed by atoms with E-state index in [9.17, 15) is 40.7 Å². The van der Waals surface area contributed by atoms with E-state index in [1.165, 1.54) is 24.3 Å². The number of carbonyl (C=O) groups is 3. The van der Waals surface area contributed by atoms with Crippen LogP contribution in [-0.4, -0.2) is 50.2 Å². The minimum Gasteiger partial charge on any atom is -0.481 e. The highest BCUT2D eigenvalue weighted by molar-refractivity contribution is 8.26. The van der Waals surface area contributed by atoms with Gasteiger partial charge in [-0.15, -0.1) is 0 Å². The van der Waals surface area contributed by atoms with Crippen LogP contribution in [0.3, 0.4) is 0 Å². The number of aromatic nitrogens is 1. The van der Waals surface area contributed by atoms with Crippen molar-refractivity contribution in [1.82, 2.24) is 15.2 Å². The average molecular weight is 578 g/mol. The molecule has 2 aromatic rings. The van der Waals surface area contributed by atoms with E-state index in [1.807, 2.05) is 0 Å². The number of carboxylic acids is 1. The maximum absolute atomic E-state index is 13.2. The van der Waals surface area contributed by atoms with Crippen molar-refractivity contribution in [2.75, 3.05) is 13.1 Å². The molecule has 1 aliphatic heterocycles. The minimum absolute atomic E-state index is 0.0190. The van der Waals surface area contributed by atoms with E-state index in [-0.39, 0.29) is 52.6 Å². The number of carbonyl (C=O) groups excluding carboxylic acids is 2. The third kappa shape index (κ3) is 7.54. The Morgan fingerprint density at radius 2 is 1.68 bits per heavy atom. The maximum atomic E-state index is 13.2. The second kappa shape index (κ2) is 11.5. The van der Waals surface area contributed by atoms with Gasteiger partial charge in [0.15, 0.2) is 0 Å². The molecule has 202 valence electrons. The first-order valence-corrected chi connectivity index (χ1v) is 11.9. The minimum atomic E-state index is -5.02. The van der Waals surface area contributed by atoms with Crippen LogP contribution in [0.4, 0.5) is 26.3 Å². The molecule has 0 aliphatic carbocycles. The summed E-state index contributed by atoms with van der Waals surface area (Å²) in [6.45, 7) is -0.163. The molecule has 0 saturated carbocycles. The fourth-order valence-electron chi connectivity index (χ4n) is 3.23. The Hall–Kier alpha value is -3.46. The average Bonchev–Trinajstić information content (AvgIpc) is 3.08. The second-order valence-corrected chi connectivity index (χ2v) is 9.50. The van der Waals surface area contributed by atoms with Crippen LogP contribution in [-0.2, 0) is 26.7 Å². The zero-order valence-electron chi connectivity index (χ0n) is 19.0. The molecule has 15 heteroatoms. The molecule has 1 aromatic heterocycles. The molecule has 0 atom stereocenters. The summed E-state index contributed by atoms with van der Waals surface area (Å²) in [5.41, 5.74) is -3.47. The number of halogens is 6. The topological polar surface area (TPSA) is 99.6 Å². The maximum Gasteiger partial charge on any atom is 0.416 e. The molecule has 0 unspecified atom stereocenters. The molecular formula is C23H17F6N3O4S2. The van der Waals surface area contributed by atoms with Crippen LogP contribution in [0.15, 0.2) is 41.3 Å². The summed E-state index contributed by atoms with van der Waals surface area (Å²) in [6, 6.07) is 5.14. The van der Waals surface area contributed by atoms with E-state index in [0.29, 0.717) is 12.1 Å². The first-order valence-electron chi connectivity index (χ1n) is 10.7. The summed E-state index contributed by atoms with van der Waals surface area (Å²) in [6.07, 6.45) is -9.17. The number of pyridine rings is 1. The fraction of sp³-hybridized carbons (Fsp3) is 0.261. The van der Waals surface area contributed by atoms with Crippen molar-refractivity contribution >= 4 is 52.2 Å². The number of aliphatic carboxylic acids is 1. The van der Waals surface area contributed by atoms with Crippen molar-refractivity contribution in [3.05, 3.63) is 58.1 Å². The number of hydrogen-bond acceptors (Lipinski definition) is 6. The summed E-state index contributed by atoms with van der Waals surface area (Å²) < 4.78 is 79.5. The van der Waals surface area contributed by atoms with Gasteiger partial charge in [-0.1, -0.05) is 30.0 Å². The molecule has 7 nitrogen and oxygen atoms in total. The van der Waals surface area contributed by atoms with Gasteiger partial charge >= 0.3 is 18.3 Å². The lowest BCUT2D eigenvalue weighted by molar-refractivity contribution is -0.143. The van der Waals surface area contributed by atoms with Gasteiger partial charge in [0.25, 0.3) is 5.91 Å². The molecule has 2 N–H and O–H groups in total. The largest absolute Gasteiger partial charge is 0.481 e. The van der Waals surface area contributed by atoms with E-state index >= 15 is 0 Å². The van der Waals surface area contributed by atoms with Gasteiger partial charge in [-0.3, -0.25) is 19.3 Å². The van der Waals surface area contributed by atoms with Crippen LogP contribution < -0.4 is 5.32 Å². The van der Waals surface area contributed by atoms with Crippen molar-refractivity contribution in [2.24, 2.45) is 0 Å². The molecule has 2 amide bonds. The molecule has 1 aliphatic rings. The second-order valence-electron chi connectivity index (χ2n) is 7.82. The van der Waals surface area contributed by atoms with Crippen LogP contribution in [0, 0.1) is 0 Å². The van der Waals surface area contributed by atoms with E-state index in [0.717, 1.165) is 16.7 Å². The number of nitrogens with one attached hydrogen (secondary N) is 1. The lowest BCUT2D eigenvalue weighted by Crippen LogP contribution is -2.34. The summed E-state index contributed by atoms with van der Waals surface area (Å²) >= 11 is 6.05. The number of alkyl halides is 6. The third-order valence-electron chi connectivity index (χ3n) is 5.03. The Bertz CT molecular complexity index is 1280. The first-order chi connectivity index (χ1) is 17.6. The van der Waals surface area contributed by atoms with Gasteiger partial charge in [-0.05, 0) is 36.4 Å². The van der Waals surface area contributed by atoms with Crippen molar-refractivity contribution in [1.29, 1.82) is 0 Å². The lowest BCUT2D eigenvalue weighted by Gasteiger charge is -2.14. The highest BCUT2D eigenvalue weighted by Crippen LogP contribution is 2.38. The van der Waals surface area contributed by atoms with Gasteiger partial charge in [0.1, 0.15) is 4.32 Å². The van der Waals surface area contributed by atoms with Crippen molar-refractivity contribution in [2.45, 2.75) is 25.2 Å². The Balaban J connectivity index is 1.80. The Morgan fingerprint density at radius 1 is 1.05 bits per heavy atom. The predicted octanol–water partition coefficient (Wildman–Crippen LogP) is 4.97. The summed E-state index contributed by atoms with van der Waals surface area (Å²) in [5, 5.41) is 11.0. The number of nitrogens with zero attached hydrogens (tertiary/aromatic N) is 2. The smallest absolute Gasteiger partial charge is 0.416 e. The zero-order chi connectivity index (χ0) is 28.3. The molecule has 0 spiro atoms. The van der Waals surface area contributed by atoms with E-state index in [4.69, 9.17) is 17.3 Å². The SMILES string of the molecule is O=C(O)CCNC(=O)CCN1C(=O)/C(=C/c2cccc(-c3cc(C(F)(F)F)cc(C(F)(F)F)c3)n2)SC1=S. The first kappa shape index (κ1) is 29.1. The van der Waals surface area contributed by atoms with Gasteiger partial charge in [0.05, 0.1) is 33.8 Å². The van der Waals surface area contributed by atoms with E-state index < -0.39 is 46.8 Å². The molecule has 0 bridgehead atoms. The number of hydrogen-bond donors (Lipinski definition) is 2. The number of thioether (sulfide) groups is 1. The van der Waals surface area contributed by atoms with Crippen molar-refractivity contribution < 1.29 is 45.8 Å². The van der Waals surface area contributed by atoms with Gasteiger partial charge < -0.3 is 10.4 Å². The van der Waals surface area contributed by atoms with Gasteiger partial charge in [0.2, 0.25) is 5.91 Å². The molecule has 3 rings (SSSR count). The number of amides is 2. The number of rotatable bonds is 8.